The summed E-state index contributed by atoms with van der Waals surface area (Å²) in [6.45, 7) is 8.50. The van der Waals surface area contributed by atoms with Gasteiger partial charge in [0.2, 0.25) is 5.91 Å². The van der Waals surface area contributed by atoms with E-state index in [4.69, 9.17) is 4.52 Å². The zero-order valence-electron chi connectivity index (χ0n) is 15.2. The molecule has 0 aliphatic carbocycles. The van der Waals surface area contributed by atoms with Crippen molar-refractivity contribution in [2.75, 3.05) is 32.7 Å². The molecule has 0 unspecified atom stereocenters. The number of carbonyl (C=O) groups excluding carboxylic acids is 1. The van der Waals surface area contributed by atoms with Crippen LogP contribution in [0.25, 0.3) is 11.5 Å². The topological polar surface area (TPSA) is 97.4 Å². The van der Waals surface area contributed by atoms with Crippen LogP contribution in [-0.4, -0.2) is 68.1 Å². The summed E-state index contributed by atoms with van der Waals surface area (Å²) < 4.78 is 6.46. The van der Waals surface area contributed by atoms with Gasteiger partial charge in [-0.1, -0.05) is 12.1 Å². The molecule has 1 fully saturated rings. The number of hydrogen-bond donors (Lipinski definition) is 0. The molecule has 3 heterocycles. The molecule has 9 nitrogen and oxygen atoms in total. The van der Waals surface area contributed by atoms with Gasteiger partial charge in [-0.25, -0.2) is 4.98 Å². The number of rotatable bonds is 6. The lowest BCUT2D eigenvalue weighted by molar-refractivity contribution is -0.133. The van der Waals surface area contributed by atoms with Gasteiger partial charge in [-0.05, 0) is 19.9 Å². The summed E-state index contributed by atoms with van der Waals surface area (Å²) in [5.41, 5.74) is -0.0436. The SMILES string of the molecule is CCCN1CCN(C(=O)CCn2cncc(-c3nc(C)no3)c2=O)CC1. The summed E-state index contributed by atoms with van der Waals surface area (Å²) in [6, 6.07) is 0. The van der Waals surface area contributed by atoms with Crippen LogP contribution in [0, 0.1) is 6.92 Å². The fourth-order valence-corrected chi connectivity index (χ4v) is 3.07. The van der Waals surface area contributed by atoms with Crippen molar-refractivity contribution in [1.29, 1.82) is 0 Å². The quantitative estimate of drug-likeness (QED) is 0.742. The van der Waals surface area contributed by atoms with Gasteiger partial charge in [-0.15, -0.1) is 0 Å². The van der Waals surface area contributed by atoms with E-state index in [0.29, 0.717) is 5.82 Å². The molecule has 3 rings (SSSR count). The van der Waals surface area contributed by atoms with Gasteiger partial charge in [0.05, 0.1) is 6.33 Å². The van der Waals surface area contributed by atoms with Crippen LogP contribution in [-0.2, 0) is 11.3 Å². The first-order valence-electron chi connectivity index (χ1n) is 8.93. The normalized spacial score (nSPS) is 15.4. The Morgan fingerprint density at radius 1 is 1.23 bits per heavy atom. The van der Waals surface area contributed by atoms with Crippen molar-refractivity contribution >= 4 is 5.91 Å². The van der Waals surface area contributed by atoms with Crippen molar-refractivity contribution in [1.82, 2.24) is 29.5 Å². The predicted molar refractivity (Wildman–Crippen MR) is 94.5 cm³/mol. The van der Waals surface area contributed by atoms with Crippen molar-refractivity contribution in [3.8, 4) is 11.5 Å². The molecule has 1 aliphatic heterocycles. The van der Waals surface area contributed by atoms with Gasteiger partial charge >= 0.3 is 0 Å². The van der Waals surface area contributed by atoms with Gasteiger partial charge in [0.1, 0.15) is 5.56 Å². The molecule has 0 N–H and O–H groups in total. The number of carbonyl (C=O) groups is 1. The Balaban J connectivity index is 1.60. The third kappa shape index (κ3) is 4.16. The first-order valence-corrected chi connectivity index (χ1v) is 8.93. The van der Waals surface area contributed by atoms with Crippen LogP contribution in [0.1, 0.15) is 25.6 Å². The smallest absolute Gasteiger partial charge is 0.266 e. The third-order valence-electron chi connectivity index (χ3n) is 4.49. The van der Waals surface area contributed by atoms with E-state index in [1.165, 1.54) is 17.1 Å². The second-order valence-electron chi connectivity index (χ2n) is 6.43. The second-order valence-corrected chi connectivity index (χ2v) is 6.43. The fraction of sp³-hybridized carbons (Fsp3) is 0.588. The van der Waals surface area contributed by atoms with E-state index in [2.05, 4.69) is 26.9 Å². The summed E-state index contributed by atoms with van der Waals surface area (Å²) in [5, 5.41) is 3.69. The highest BCUT2D eigenvalue weighted by molar-refractivity contribution is 5.76. The second kappa shape index (κ2) is 8.22. The number of aromatic nitrogens is 4. The van der Waals surface area contributed by atoms with Gasteiger partial charge in [-0.3, -0.25) is 19.1 Å². The lowest BCUT2D eigenvalue weighted by atomic mass is 10.2. The Morgan fingerprint density at radius 3 is 2.65 bits per heavy atom. The highest BCUT2D eigenvalue weighted by atomic mass is 16.5. The fourth-order valence-electron chi connectivity index (χ4n) is 3.07. The van der Waals surface area contributed by atoms with Crippen LogP contribution in [0.15, 0.2) is 21.8 Å². The zero-order valence-corrected chi connectivity index (χ0v) is 15.2. The summed E-state index contributed by atoms with van der Waals surface area (Å²) >= 11 is 0. The van der Waals surface area contributed by atoms with Crippen LogP contribution in [0.3, 0.4) is 0 Å². The van der Waals surface area contributed by atoms with Crippen molar-refractivity contribution in [2.24, 2.45) is 0 Å². The number of aryl methyl sites for hydroxylation is 2. The first kappa shape index (κ1) is 18.2. The highest BCUT2D eigenvalue weighted by Gasteiger charge is 2.21. The average Bonchev–Trinajstić information content (AvgIpc) is 3.07. The van der Waals surface area contributed by atoms with Gasteiger partial charge in [0, 0.05) is 45.3 Å². The van der Waals surface area contributed by atoms with E-state index in [0.717, 1.165) is 39.1 Å². The molecule has 0 atom stereocenters. The van der Waals surface area contributed by atoms with E-state index >= 15 is 0 Å². The molecule has 140 valence electrons. The van der Waals surface area contributed by atoms with Crippen molar-refractivity contribution in [2.45, 2.75) is 33.2 Å². The largest absolute Gasteiger partial charge is 0.340 e. The van der Waals surface area contributed by atoms with Crippen LogP contribution >= 0.6 is 0 Å². The van der Waals surface area contributed by atoms with Crippen molar-refractivity contribution < 1.29 is 9.32 Å². The van der Waals surface area contributed by atoms with Crippen LogP contribution in [0.4, 0.5) is 0 Å². The van der Waals surface area contributed by atoms with E-state index in [9.17, 15) is 9.59 Å². The van der Waals surface area contributed by atoms with Crippen molar-refractivity contribution in [3.05, 3.63) is 28.7 Å². The average molecular weight is 360 g/mol. The Hall–Kier alpha value is -2.55. The Kier molecular flexibility index (Phi) is 5.77. The molecule has 26 heavy (non-hydrogen) atoms. The van der Waals surface area contributed by atoms with Gasteiger partial charge in [-0.2, -0.15) is 4.98 Å². The summed E-state index contributed by atoms with van der Waals surface area (Å²) in [7, 11) is 0. The summed E-state index contributed by atoms with van der Waals surface area (Å²) in [6.07, 6.45) is 4.23. The van der Waals surface area contributed by atoms with Crippen LogP contribution in [0.5, 0.6) is 0 Å². The number of nitrogens with zero attached hydrogens (tertiary/aromatic N) is 6. The van der Waals surface area contributed by atoms with Crippen LogP contribution < -0.4 is 5.56 Å². The van der Waals surface area contributed by atoms with Crippen molar-refractivity contribution in [3.63, 3.8) is 0 Å². The Morgan fingerprint density at radius 2 is 2.00 bits per heavy atom. The number of piperazine rings is 1. The molecule has 2 aromatic heterocycles. The number of amides is 1. The summed E-state index contributed by atoms with van der Waals surface area (Å²) in [4.78, 5) is 37.3. The highest BCUT2D eigenvalue weighted by Crippen LogP contribution is 2.11. The van der Waals surface area contributed by atoms with Gasteiger partial charge in [0.15, 0.2) is 5.82 Å². The standard InChI is InChI=1S/C17H24N6O3/c1-3-5-21-7-9-22(10-8-21)15(24)4-6-23-12-18-11-14(17(23)25)16-19-13(2)20-26-16/h11-12H,3-10H2,1-2H3. The molecule has 0 saturated carbocycles. The van der Waals surface area contributed by atoms with Gasteiger partial charge in [0.25, 0.3) is 11.4 Å². The molecular formula is C17H24N6O3. The molecule has 1 saturated heterocycles. The zero-order chi connectivity index (χ0) is 18.5. The minimum Gasteiger partial charge on any atom is -0.340 e. The third-order valence-corrected chi connectivity index (χ3v) is 4.49. The van der Waals surface area contributed by atoms with E-state index in [1.807, 2.05) is 4.90 Å². The maximum absolute atomic E-state index is 12.5. The monoisotopic (exact) mass is 360 g/mol. The van der Waals surface area contributed by atoms with E-state index in [-0.39, 0.29) is 35.9 Å². The lowest BCUT2D eigenvalue weighted by Crippen LogP contribution is -2.49. The molecule has 1 amide bonds. The molecule has 0 spiro atoms. The van der Waals surface area contributed by atoms with Gasteiger partial charge < -0.3 is 9.42 Å². The molecule has 0 radical (unpaired) electrons. The molecule has 0 aromatic carbocycles. The molecule has 2 aromatic rings. The molecule has 1 aliphatic rings. The van der Waals surface area contributed by atoms with E-state index < -0.39 is 0 Å². The Bertz CT molecular complexity index is 807. The number of hydrogen-bond acceptors (Lipinski definition) is 7. The molecule has 0 bridgehead atoms. The Labute approximate surface area is 151 Å². The first-order chi connectivity index (χ1) is 12.6. The molecular weight excluding hydrogens is 336 g/mol. The van der Waals surface area contributed by atoms with E-state index in [1.54, 1.807) is 6.92 Å². The predicted octanol–water partition coefficient (Wildman–Crippen LogP) is 0.546. The van der Waals surface area contributed by atoms with Crippen LogP contribution in [0.2, 0.25) is 0 Å². The maximum Gasteiger partial charge on any atom is 0.266 e. The minimum atomic E-state index is -0.288. The molecule has 9 heteroatoms. The summed E-state index contributed by atoms with van der Waals surface area (Å²) in [5.74, 6) is 0.659. The maximum atomic E-state index is 12.5. The lowest BCUT2D eigenvalue weighted by Gasteiger charge is -2.34. The minimum absolute atomic E-state index is 0.0621.